The van der Waals surface area contributed by atoms with Gasteiger partial charge in [-0.3, -0.25) is 0 Å². The standard InChI is InChI=1S/C21H23N5O3S3/c1-4-26(5-2)32(27,28)17-9-6-8-15(12-17)19-23-24-21(25(19)3)31-14-16-13-29-20(22-16)18-10-7-11-30-18/h6-13H,4-5,14H2,1-3H3. The predicted molar refractivity (Wildman–Crippen MR) is 126 cm³/mol. The Hall–Kier alpha value is -2.47. The Labute approximate surface area is 195 Å². The molecule has 0 radical (unpaired) electrons. The number of hydrogen-bond donors (Lipinski definition) is 0. The van der Waals surface area contributed by atoms with Crippen molar-refractivity contribution in [1.29, 1.82) is 0 Å². The van der Waals surface area contributed by atoms with E-state index in [0.29, 0.717) is 41.3 Å². The number of oxazole rings is 1. The number of sulfonamides is 1. The molecule has 32 heavy (non-hydrogen) atoms. The highest BCUT2D eigenvalue weighted by Crippen LogP contribution is 2.29. The Morgan fingerprint density at radius 2 is 1.97 bits per heavy atom. The smallest absolute Gasteiger partial charge is 0.243 e. The van der Waals surface area contributed by atoms with E-state index in [-0.39, 0.29) is 4.90 Å². The van der Waals surface area contributed by atoms with Crippen LogP contribution in [-0.2, 0) is 22.8 Å². The third-order valence-electron chi connectivity index (χ3n) is 4.90. The van der Waals surface area contributed by atoms with Crippen LogP contribution in [0.25, 0.3) is 22.2 Å². The van der Waals surface area contributed by atoms with Crippen molar-refractivity contribution in [3.05, 3.63) is 53.7 Å². The van der Waals surface area contributed by atoms with Gasteiger partial charge in [0.1, 0.15) is 6.26 Å². The van der Waals surface area contributed by atoms with E-state index in [0.717, 1.165) is 10.6 Å². The maximum absolute atomic E-state index is 12.9. The Kier molecular flexibility index (Phi) is 6.79. The average molecular weight is 490 g/mol. The number of nitrogens with zero attached hydrogens (tertiary/aromatic N) is 5. The summed E-state index contributed by atoms with van der Waals surface area (Å²) in [6.07, 6.45) is 1.65. The summed E-state index contributed by atoms with van der Waals surface area (Å²) in [5, 5.41) is 11.3. The molecule has 0 aliphatic rings. The zero-order chi connectivity index (χ0) is 22.7. The largest absolute Gasteiger partial charge is 0.444 e. The second-order valence-corrected chi connectivity index (χ2v) is 10.7. The molecular weight excluding hydrogens is 466 g/mol. The molecule has 0 amide bonds. The van der Waals surface area contributed by atoms with Gasteiger partial charge in [-0.15, -0.1) is 21.5 Å². The third kappa shape index (κ3) is 4.51. The van der Waals surface area contributed by atoms with Gasteiger partial charge < -0.3 is 8.98 Å². The first-order valence-electron chi connectivity index (χ1n) is 10.0. The fourth-order valence-corrected chi connectivity index (χ4v) is 6.17. The number of benzene rings is 1. The van der Waals surface area contributed by atoms with Crippen LogP contribution in [0.4, 0.5) is 0 Å². The van der Waals surface area contributed by atoms with Crippen LogP contribution in [-0.4, -0.2) is 45.6 Å². The number of thioether (sulfide) groups is 1. The summed E-state index contributed by atoms with van der Waals surface area (Å²) >= 11 is 3.07. The Morgan fingerprint density at radius 1 is 1.16 bits per heavy atom. The molecule has 0 unspecified atom stereocenters. The van der Waals surface area contributed by atoms with E-state index < -0.39 is 10.0 Å². The normalized spacial score (nSPS) is 12.0. The minimum Gasteiger partial charge on any atom is -0.444 e. The SMILES string of the molecule is CCN(CC)S(=O)(=O)c1cccc(-c2nnc(SCc3coc(-c4cccs4)n3)n2C)c1. The van der Waals surface area contributed by atoms with Crippen LogP contribution < -0.4 is 0 Å². The molecule has 168 valence electrons. The van der Waals surface area contributed by atoms with E-state index >= 15 is 0 Å². The van der Waals surface area contributed by atoms with Crippen LogP contribution >= 0.6 is 23.1 Å². The lowest BCUT2D eigenvalue weighted by Crippen LogP contribution is -2.30. The van der Waals surface area contributed by atoms with Crippen molar-refractivity contribution in [2.24, 2.45) is 7.05 Å². The second kappa shape index (κ2) is 9.57. The molecule has 11 heteroatoms. The topological polar surface area (TPSA) is 94.1 Å². The average Bonchev–Trinajstić information content (AvgIpc) is 3.54. The monoisotopic (exact) mass is 489 g/mol. The van der Waals surface area contributed by atoms with Gasteiger partial charge >= 0.3 is 0 Å². The van der Waals surface area contributed by atoms with Crippen molar-refractivity contribution in [3.63, 3.8) is 0 Å². The summed E-state index contributed by atoms with van der Waals surface area (Å²) in [6, 6.07) is 10.8. The molecule has 4 aromatic rings. The summed E-state index contributed by atoms with van der Waals surface area (Å²) in [5.41, 5.74) is 1.51. The van der Waals surface area contributed by atoms with Crippen molar-refractivity contribution < 1.29 is 12.8 Å². The zero-order valence-electron chi connectivity index (χ0n) is 17.9. The first-order valence-corrected chi connectivity index (χ1v) is 13.4. The zero-order valence-corrected chi connectivity index (χ0v) is 20.4. The molecule has 1 aromatic carbocycles. The highest BCUT2D eigenvalue weighted by atomic mass is 32.2. The molecule has 3 aromatic heterocycles. The van der Waals surface area contributed by atoms with Crippen molar-refractivity contribution in [3.8, 4) is 22.2 Å². The van der Waals surface area contributed by atoms with Crippen LogP contribution in [0.2, 0.25) is 0 Å². The summed E-state index contributed by atoms with van der Waals surface area (Å²) in [4.78, 5) is 5.77. The first kappa shape index (κ1) is 22.7. The summed E-state index contributed by atoms with van der Waals surface area (Å²) in [6.45, 7) is 4.50. The van der Waals surface area contributed by atoms with Gasteiger partial charge in [0, 0.05) is 31.5 Å². The number of hydrogen-bond acceptors (Lipinski definition) is 8. The maximum atomic E-state index is 12.9. The fraction of sp³-hybridized carbons (Fsp3) is 0.286. The molecule has 0 N–H and O–H groups in total. The van der Waals surface area contributed by atoms with Gasteiger partial charge in [0.05, 0.1) is 15.5 Å². The van der Waals surface area contributed by atoms with Crippen LogP contribution in [0.5, 0.6) is 0 Å². The highest BCUT2D eigenvalue weighted by Gasteiger charge is 2.23. The van der Waals surface area contributed by atoms with Gasteiger partial charge in [-0.05, 0) is 23.6 Å². The highest BCUT2D eigenvalue weighted by molar-refractivity contribution is 7.98. The van der Waals surface area contributed by atoms with E-state index in [1.165, 1.54) is 16.1 Å². The van der Waals surface area contributed by atoms with E-state index in [2.05, 4.69) is 15.2 Å². The van der Waals surface area contributed by atoms with Crippen LogP contribution in [0.3, 0.4) is 0 Å². The minimum absolute atomic E-state index is 0.250. The number of rotatable bonds is 9. The molecular formula is C21H23N5O3S3. The number of thiophene rings is 1. The van der Waals surface area contributed by atoms with E-state index in [1.54, 1.807) is 35.8 Å². The van der Waals surface area contributed by atoms with Crippen molar-refractivity contribution >= 4 is 33.1 Å². The van der Waals surface area contributed by atoms with Gasteiger partial charge in [0.25, 0.3) is 0 Å². The molecule has 0 bridgehead atoms. The van der Waals surface area contributed by atoms with Crippen molar-refractivity contribution in [2.45, 2.75) is 29.7 Å². The van der Waals surface area contributed by atoms with E-state index in [1.807, 2.05) is 49.0 Å². The summed E-state index contributed by atoms with van der Waals surface area (Å²) < 4.78 is 34.6. The van der Waals surface area contributed by atoms with Gasteiger partial charge in [0.15, 0.2) is 11.0 Å². The van der Waals surface area contributed by atoms with Gasteiger partial charge in [-0.2, -0.15) is 4.31 Å². The molecule has 0 atom stereocenters. The molecule has 0 spiro atoms. The van der Waals surface area contributed by atoms with E-state index in [4.69, 9.17) is 4.42 Å². The lowest BCUT2D eigenvalue weighted by atomic mass is 10.2. The minimum atomic E-state index is -3.55. The molecule has 0 saturated heterocycles. The van der Waals surface area contributed by atoms with Crippen LogP contribution in [0.1, 0.15) is 19.5 Å². The molecule has 0 aliphatic heterocycles. The maximum Gasteiger partial charge on any atom is 0.243 e. The summed E-state index contributed by atoms with van der Waals surface area (Å²) in [7, 11) is -1.68. The Balaban J connectivity index is 1.52. The van der Waals surface area contributed by atoms with Crippen LogP contribution in [0, 0.1) is 0 Å². The Morgan fingerprint density at radius 3 is 2.69 bits per heavy atom. The molecule has 4 rings (SSSR count). The first-order chi connectivity index (χ1) is 15.4. The third-order valence-corrected chi connectivity index (χ3v) is 8.86. The lowest BCUT2D eigenvalue weighted by Gasteiger charge is -2.18. The van der Waals surface area contributed by atoms with Gasteiger partial charge in [0.2, 0.25) is 15.9 Å². The molecule has 3 heterocycles. The fourth-order valence-electron chi connectivity index (χ4n) is 3.23. The quantitative estimate of drug-likeness (QED) is 0.319. The van der Waals surface area contributed by atoms with Crippen LogP contribution in [0.15, 0.2) is 62.5 Å². The van der Waals surface area contributed by atoms with Gasteiger partial charge in [-0.1, -0.05) is 43.8 Å². The van der Waals surface area contributed by atoms with E-state index in [9.17, 15) is 8.42 Å². The second-order valence-electron chi connectivity index (χ2n) is 6.89. The molecule has 8 nitrogen and oxygen atoms in total. The predicted octanol–water partition coefficient (Wildman–Crippen LogP) is 4.52. The summed E-state index contributed by atoms with van der Waals surface area (Å²) in [5.74, 6) is 1.79. The molecule has 0 aliphatic carbocycles. The Bertz CT molecular complexity index is 1290. The number of aromatic nitrogens is 4. The molecule has 0 saturated carbocycles. The van der Waals surface area contributed by atoms with Gasteiger partial charge in [-0.25, -0.2) is 13.4 Å². The van der Waals surface area contributed by atoms with Crippen molar-refractivity contribution in [2.75, 3.05) is 13.1 Å². The molecule has 0 fully saturated rings. The van der Waals surface area contributed by atoms with Crippen molar-refractivity contribution in [1.82, 2.24) is 24.1 Å². The lowest BCUT2D eigenvalue weighted by molar-refractivity contribution is 0.445.